The standard InChI is InChI=1S/C52H53BN4O2/c1-49(2,3)47-25-21-36(32-56-47)45-23-19-34(30-54-45)41-15-11-13-17-43(41)38-27-39(29-40(28-38)53-58-51(7,8)52(9,10)59-53)44-18-14-12-16-42(44)35-20-24-46(55-31-35)37-22-26-48(57-33-37)50(4,5)6/h11-33H,1-10H3. The molecule has 6 nitrogen and oxygen atoms in total. The van der Waals surface area contributed by atoms with Gasteiger partial charge in [-0.15, -0.1) is 0 Å². The lowest BCUT2D eigenvalue weighted by molar-refractivity contribution is 0.00578. The summed E-state index contributed by atoms with van der Waals surface area (Å²) in [6.07, 6.45) is 7.77. The van der Waals surface area contributed by atoms with E-state index in [-0.39, 0.29) is 10.8 Å². The Hall–Kier alpha value is -5.76. The van der Waals surface area contributed by atoms with E-state index in [0.717, 1.165) is 83.9 Å². The van der Waals surface area contributed by atoms with Crippen LogP contribution in [-0.4, -0.2) is 38.3 Å². The molecule has 296 valence electrons. The zero-order chi connectivity index (χ0) is 41.7. The third kappa shape index (κ3) is 8.15. The van der Waals surface area contributed by atoms with Crippen molar-refractivity contribution in [3.63, 3.8) is 0 Å². The van der Waals surface area contributed by atoms with Crippen LogP contribution >= 0.6 is 0 Å². The van der Waals surface area contributed by atoms with Crippen molar-refractivity contribution < 1.29 is 9.31 Å². The quantitative estimate of drug-likeness (QED) is 0.150. The fraction of sp³-hybridized carbons (Fsp3) is 0.269. The van der Waals surface area contributed by atoms with E-state index in [9.17, 15) is 0 Å². The summed E-state index contributed by atoms with van der Waals surface area (Å²) in [5.41, 5.74) is 14.4. The fourth-order valence-corrected chi connectivity index (χ4v) is 7.48. The summed E-state index contributed by atoms with van der Waals surface area (Å²) in [7, 11) is -0.545. The van der Waals surface area contributed by atoms with Crippen LogP contribution in [0.4, 0.5) is 0 Å². The van der Waals surface area contributed by atoms with Crippen molar-refractivity contribution >= 4 is 12.6 Å². The summed E-state index contributed by atoms with van der Waals surface area (Å²) in [4.78, 5) is 19.3. The molecule has 0 unspecified atom stereocenters. The molecule has 3 aromatic carbocycles. The summed E-state index contributed by atoms with van der Waals surface area (Å²) < 4.78 is 13.3. The molecule has 0 atom stereocenters. The smallest absolute Gasteiger partial charge is 0.399 e. The molecule has 0 spiro atoms. The molecular weight excluding hydrogens is 723 g/mol. The number of pyridine rings is 4. The summed E-state index contributed by atoms with van der Waals surface area (Å²) in [5, 5.41) is 0. The molecule has 5 heterocycles. The fourth-order valence-electron chi connectivity index (χ4n) is 7.48. The van der Waals surface area contributed by atoms with E-state index < -0.39 is 18.3 Å². The van der Waals surface area contributed by atoms with Gasteiger partial charge in [-0.25, -0.2) is 0 Å². The molecule has 0 saturated carbocycles. The first-order valence-electron chi connectivity index (χ1n) is 20.5. The first kappa shape index (κ1) is 40.0. The lowest BCUT2D eigenvalue weighted by Crippen LogP contribution is -2.41. The van der Waals surface area contributed by atoms with Gasteiger partial charge in [0.1, 0.15) is 0 Å². The molecule has 8 rings (SSSR count). The molecule has 0 bridgehead atoms. The summed E-state index contributed by atoms with van der Waals surface area (Å²) in [5.74, 6) is 0. The maximum Gasteiger partial charge on any atom is 0.494 e. The van der Waals surface area contributed by atoms with Gasteiger partial charge in [0, 0.05) is 69.3 Å². The minimum atomic E-state index is -0.545. The van der Waals surface area contributed by atoms with Gasteiger partial charge in [0.25, 0.3) is 0 Å². The topological polar surface area (TPSA) is 70.0 Å². The highest BCUT2D eigenvalue weighted by Crippen LogP contribution is 2.40. The largest absolute Gasteiger partial charge is 0.494 e. The molecule has 7 heteroatoms. The minimum absolute atomic E-state index is 0.0120. The normalized spacial score (nSPS) is 15.1. The van der Waals surface area contributed by atoms with Crippen LogP contribution < -0.4 is 5.46 Å². The predicted molar refractivity (Wildman–Crippen MR) is 243 cm³/mol. The highest BCUT2D eigenvalue weighted by atomic mass is 16.7. The van der Waals surface area contributed by atoms with Crippen molar-refractivity contribution in [2.75, 3.05) is 0 Å². The van der Waals surface area contributed by atoms with Gasteiger partial charge in [0.15, 0.2) is 0 Å². The first-order chi connectivity index (χ1) is 28.0. The van der Waals surface area contributed by atoms with Gasteiger partial charge in [-0.3, -0.25) is 19.9 Å². The van der Waals surface area contributed by atoms with Crippen molar-refractivity contribution in [2.24, 2.45) is 0 Å². The molecule has 1 aliphatic heterocycles. The Kier molecular flexibility index (Phi) is 10.3. The van der Waals surface area contributed by atoms with Gasteiger partial charge in [-0.05, 0) is 109 Å². The molecular formula is C52H53BN4O2. The van der Waals surface area contributed by atoms with Gasteiger partial charge in [-0.1, -0.05) is 114 Å². The second-order valence-corrected chi connectivity index (χ2v) is 18.8. The molecule has 4 aromatic heterocycles. The van der Waals surface area contributed by atoms with Gasteiger partial charge in [0.2, 0.25) is 0 Å². The number of hydrogen-bond donors (Lipinski definition) is 0. The molecule has 1 fully saturated rings. The van der Waals surface area contributed by atoms with E-state index in [2.05, 4.69) is 184 Å². The molecule has 1 aliphatic rings. The van der Waals surface area contributed by atoms with Crippen LogP contribution in [-0.2, 0) is 20.1 Å². The summed E-state index contributed by atoms with van der Waals surface area (Å²) in [6.45, 7) is 21.4. The van der Waals surface area contributed by atoms with Crippen molar-refractivity contribution in [3.8, 4) is 67.0 Å². The second-order valence-electron chi connectivity index (χ2n) is 18.8. The van der Waals surface area contributed by atoms with Crippen LogP contribution in [0.1, 0.15) is 80.6 Å². The van der Waals surface area contributed by atoms with Gasteiger partial charge in [-0.2, -0.15) is 0 Å². The van der Waals surface area contributed by atoms with E-state index >= 15 is 0 Å². The maximum atomic E-state index is 6.67. The lowest BCUT2D eigenvalue weighted by atomic mass is 9.75. The van der Waals surface area contributed by atoms with Crippen LogP contribution in [0.5, 0.6) is 0 Å². The van der Waals surface area contributed by atoms with Crippen LogP contribution in [0, 0.1) is 0 Å². The lowest BCUT2D eigenvalue weighted by Gasteiger charge is -2.32. The Labute approximate surface area is 350 Å². The number of hydrogen-bond acceptors (Lipinski definition) is 6. The average Bonchev–Trinajstić information content (AvgIpc) is 3.46. The average molecular weight is 777 g/mol. The number of nitrogens with zero attached hydrogens (tertiary/aromatic N) is 4. The monoisotopic (exact) mass is 776 g/mol. The molecule has 0 aliphatic carbocycles. The Morgan fingerprint density at radius 2 is 0.763 bits per heavy atom. The zero-order valence-electron chi connectivity index (χ0n) is 36.0. The number of benzene rings is 3. The summed E-state index contributed by atoms with van der Waals surface area (Å²) >= 11 is 0. The number of aromatic nitrogens is 4. The van der Waals surface area contributed by atoms with Gasteiger partial charge in [0.05, 0.1) is 22.6 Å². The molecule has 0 N–H and O–H groups in total. The van der Waals surface area contributed by atoms with Gasteiger partial charge >= 0.3 is 7.12 Å². The van der Waals surface area contributed by atoms with E-state index in [1.165, 1.54) is 0 Å². The molecule has 59 heavy (non-hydrogen) atoms. The molecule has 0 radical (unpaired) electrons. The van der Waals surface area contributed by atoms with E-state index in [4.69, 9.17) is 29.2 Å². The zero-order valence-corrected chi connectivity index (χ0v) is 36.0. The van der Waals surface area contributed by atoms with Crippen LogP contribution in [0.2, 0.25) is 0 Å². The molecule has 1 saturated heterocycles. The molecule has 0 amide bonds. The van der Waals surface area contributed by atoms with E-state index in [1.807, 2.05) is 24.8 Å². The SMILES string of the molecule is CC(C)(C)c1ccc(-c2ccc(-c3ccccc3-c3cc(B4OC(C)(C)C(C)(C)O4)cc(-c4ccccc4-c4ccc(-c5ccc(C(C)(C)C)nc5)nc4)c3)cn2)cn1. The highest BCUT2D eigenvalue weighted by Gasteiger charge is 2.51. The van der Waals surface area contributed by atoms with Crippen LogP contribution in [0.25, 0.3) is 67.0 Å². The van der Waals surface area contributed by atoms with Crippen molar-refractivity contribution in [2.45, 2.75) is 91.3 Å². The first-order valence-corrected chi connectivity index (χ1v) is 20.5. The maximum absolute atomic E-state index is 6.67. The Bertz CT molecular complexity index is 2420. The van der Waals surface area contributed by atoms with Crippen molar-refractivity contribution in [3.05, 3.63) is 151 Å². The van der Waals surface area contributed by atoms with Crippen molar-refractivity contribution in [1.82, 2.24) is 19.9 Å². The Morgan fingerprint density at radius 1 is 0.407 bits per heavy atom. The van der Waals surface area contributed by atoms with Crippen molar-refractivity contribution in [1.29, 1.82) is 0 Å². The van der Waals surface area contributed by atoms with E-state index in [0.29, 0.717) is 0 Å². The van der Waals surface area contributed by atoms with Crippen LogP contribution in [0.15, 0.2) is 140 Å². The Balaban J connectivity index is 1.19. The third-order valence-corrected chi connectivity index (χ3v) is 11.8. The van der Waals surface area contributed by atoms with Crippen LogP contribution in [0.3, 0.4) is 0 Å². The molecule has 7 aromatic rings. The highest BCUT2D eigenvalue weighted by molar-refractivity contribution is 6.62. The Morgan fingerprint density at radius 3 is 1.08 bits per heavy atom. The second kappa shape index (κ2) is 15.1. The van der Waals surface area contributed by atoms with E-state index in [1.54, 1.807) is 0 Å². The predicted octanol–water partition coefficient (Wildman–Crippen LogP) is 12.2. The van der Waals surface area contributed by atoms with Gasteiger partial charge < -0.3 is 9.31 Å². The third-order valence-electron chi connectivity index (χ3n) is 11.8. The minimum Gasteiger partial charge on any atom is -0.399 e. The summed E-state index contributed by atoms with van der Waals surface area (Å²) in [6, 6.07) is 40.6. The number of rotatable bonds is 7.